The van der Waals surface area contributed by atoms with E-state index >= 15 is 0 Å². The summed E-state index contributed by atoms with van der Waals surface area (Å²) in [6.45, 7) is 0. The molecule has 2 aliphatic heterocycles. The first-order valence-corrected chi connectivity index (χ1v) is 22.2. The van der Waals surface area contributed by atoms with E-state index in [-0.39, 0.29) is 57.5 Å². The van der Waals surface area contributed by atoms with Crippen molar-refractivity contribution in [2.75, 3.05) is 0 Å². The molecule has 0 amide bonds. The maximum absolute atomic E-state index is 12.7. The molecule has 338 valence electrons. The maximum atomic E-state index is 12.7. The fraction of sp³-hybridized carbons (Fsp3) is 0.143. The van der Waals surface area contributed by atoms with Crippen LogP contribution in [0.3, 0.4) is 0 Å². The van der Waals surface area contributed by atoms with Gasteiger partial charge in [0.25, 0.3) is 0 Å². The van der Waals surface area contributed by atoms with Crippen molar-refractivity contribution in [3.63, 3.8) is 0 Å². The number of ether oxygens (including phenoxy) is 2. The molecule has 12 rings (SSSR count). The maximum Gasteiger partial charge on any atom is 0.135 e. The summed E-state index contributed by atoms with van der Waals surface area (Å²) in [5.74, 6) is -4.85. The molecule has 8 aromatic carbocycles. The smallest absolute Gasteiger partial charge is 0.135 e. The third kappa shape index (κ3) is 6.20. The number of benzene rings is 8. The van der Waals surface area contributed by atoms with Crippen LogP contribution in [0, 0.1) is 0 Å². The Morgan fingerprint density at radius 3 is 1.24 bits per heavy atom. The summed E-state index contributed by atoms with van der Waals surface area (Å²) in [5, 5.41) is 113. The molecule has 0 saturated heterocycles. The molecule has 68 heavy (non-hydrogen) atoms. The highest BCUT2D eigenvalue weighted by Gasteiger charge is 2.57. The molecule has 0 unspecified atom stereocenters. The lowest BCUT2D eigenvalue weighted by atomic mass is 9.67. The first-order valence-electron chi connectivity index (χ1n) is 22.2. The van der Waals surface area contributed by atoms with Crippen LogP contribution in [0.1, 0.15) is 114 Å². The lowest BCUT2D eigenvalue weighted by Crippen LogP contribution is -2.22. The van der Waals surface area contributed by atoms with Gasteiger partial charge in [0.05, 0.1) is 11.8 Å². The Labute approximate surface area is 388 Å². The van der Waals surface area contributed by atoms with E-state index in [0.29, 0.717) is 78.3 Å². The Morgan fingerprint density at radius 2 is 0.691 bits per heavy atom. The van der Waals surface area contributed by atoms with Crippen LogP contribution in [0.25, 0.3) is 0 Å². The van der Waals surface area contributed by atoms with Crippen LogP contribution >= 0.6 is 0 Å². The van der Waals surface area contributed by atoms with Crippen LogP contribution in [0.4, 0.5) is 0 Å². The van der Waals surface area contributed by atoms with E-state index in [1.54, 1.807) is 115 Å². The minimum absolute atomic E-state index is 0.00343. The predicted molar refractivity (Wildman–Crippen MR) is 248 cm³/mol. The van der Waals surface area contributed by atoms with Crippen LogP contribution in [0.2, 0.25) is 0 Å². The van der Waals surface area contributed by atoms with Gasteiger partial charge in [0, 0.05) is 70.2 Å². The lowest BCUT2D eigenvalue weighted by molar-refractivity contribution is 0.221. The Morgan fingerprint density at radius 1 is 0.265 bits per heavy atom. The third-order valence-corrected chi connectivity index (χ3v) is 14.4. The van der Waals surface area contributed by atoms with Crippen molar-refractivity contribution in [1.29, 1.82) is 0 Å². The van der Waals surface area contributed by atoms with Crippen LogP contribution in [0.5, 0.6) is 69.0 Å². The molecule has 12 heteroatoms. The number of aromatic hydroxyl groups is 10. The molecule has 0 aromatic heterocycles. The van der Waals surface area contributed by atoms with E-state index in [1.807, 2.05) is 0 Å². The fourth-order valence-corrected chi connectivity index (χ4v) is 12.0. The van der Waals surface area contributed by atoms with Gasteiger partial charge in [-0.2, -0.15) is 0 Å². The highest BCUT2D eigenvalue weighted by atomic mass is 16.5. The van der Waals surface area contributed by atoms with Gasteiger partial charge < -0.3 is 60.5 Å². The van der Waals surface area contributed by atoms with E-state index in [9.17, 15) is 51.1 Å². The summed E-state index contributed by atoms with van der Waals surface area (Å²) in [4.78, 5) is 0. The second-order valence-electron chi connectivity index (χ2n) is 18.2. The number of phenols is 10. The SMILES string of the molecule is Oc1ccc([C@@H]2c3c(O)cc4c5c3[C@H]([C@H](c3ccc(O)cc3)c3c(O)cc(O)cc3[C@H]5[C@H](c3ccc(O)cc3)O4)[C@@H]2c2cc(O)cc3c2[C@@H](c2cc(O)cc(O)c2)[C@@H](c2ccc(O)cc2)O3)cc1. The summed E-state index contributed by atoms with van der Waals surface area (Å²) >= 11 is 0. The summed E-state index contributed by atoms with van der Waals surface area (Å²) < 4.78 is 13.7. The standard InChI is InChI=1S/C56H42O12/c57-30-9-1-25(2-10-30)44-47-38(20-36(63)22-40(47)65)50-52-43(68-56(50)28-7-15-33(60)16-8-28)24-41(66)51-45(26-3-11-31(58)12-4-26)49(53(44)54(51)52)39-21-37(64)23-42-48(39)46(29-17-34(61)19-35(62)18-29)55(67-42)27-5-13-32(59)14-6-27/h1-24,44-46,49-50,53,55-66H/t44-,45+,46-,49-,50-,53-,55-,56+/m1/s1. The minimum atomic E-state index is -0.820. The van der Waals surface area contributed by atoms with Crippen molar-refractivity contribution in [3.05, 3.63) is 212 Å². The molecule has 0 spiro atoms. The third-order valence-electron chi connectivity index (χ3n) is 14.4. The Balaban J connectivity index is 1.21. The van der Waals surface area contributed by atoms with Gasteiger partial charge in [-0.15, -0.1) is 0 Å². The number of fused-ring (bicyclic) bond motifs is 3. The van der Waals surface area contributed by atoms with Gasteiger partial charge in [-0.1, -0.05) is 48.5 Å². The number of hydrogen-bond donors (Lipinski definition) is 10. The van der Waals surface area contributed by atoms with Crippen molar-refractivity contribution in [2.24, 2.45) is 0 Å². The molecule has 0 radical (unpaired) electrons. The second-order valence-corrected chi connectivity index (χ2v) is 18.2. The predicted octanol–water partition coefficient (Wildman–Crippen LogP) is 10.4. The van der Waals surface area contributed by atoms with E-state index in [2.05, 4.69) is 0 Å². The zero-order chi connectivity index (χ0) is 46.9. The average molecular weight is 907 g/mol. The Kier molecular flexibility index (Phi) is 8.97. The molecule has 2 heterocycles. The molecule has 0 fully saturated rings. The highest BCUT2D eigenvalue weighted by Crippen LogP contribution is 2.72. The zero-order valence-corrected chi connectivity index (χ0v) is 35.8. The summed E-state index contributed by atoms with van der Waals surface area (Å²) in [6.07, 6.45) is -1.60. The monoisotopic (exact) mass is 906 g/mol. The van der Waals surface area contributed by atoms with Crippen molar-refractivity contribution in [2.45, 2.75) is 47.7 Å². The van der Waals surface area contributed by atoms with Gasteiger partial charge in [-0.05, 0) is 117 Å². The summed E-state index contributed by atoms with van der Waals surface area (Å²) in [6, 6.07) is 38.5. The number of hydrogen-bond acceptors (Lipinski definition) is 12. The first kappa shape index (κ1) is 40.8. The summed E-state index contributed by atoms with van der Waals surface area (Å²) in [5.41, 5.74) is 7.24. The van der Waals surface area contributed by atoms with Crippen LogP contribution in [0.15, 0.2) is 146 Å². The molecule has 0 bridgehead atoms. The van der Waals surface area contributed by atoms with Gasteiger partial charge in [0.15, 0.2) is 0 Å². The Hall–Kier alpha value is -8.64. The van der Waals surface area contributed by atoms with E-state index < -0.39 is 47.7 Å². The normalized spacial score (nSPS) is 22.6. The quantitative estimate of drug-likeness (QED) is 0.0753. The molecule has 4 aliphatic rings. The van der Waals surface area contributed by atoms with E-state index in [1.165, 1.54) is 30.3 Å². The Bertz CT molecular complexity index is 3310. The molecular weight excluding hydrogens is 865 g/mol. The number of phenolic OH excluding ortho intramolecular Hbond substituents is 10. The largest absolute Gasteiger partial charge is 0.508 e. The van der Waals surface area contributed by atoms with Gasteiger partial charge in [-0.25, -0.2) is 0 Å². The molecule has 0 saturated carbocycles. The van der Waals surface area contributed by atoms with Gasteiger partial charge in [0.2, 0.25) is 0 Å². The lowest BCUT2D eigenvalue weighted by Gasteiger charge is -2.35. The van der Waals surface area contributed by atoms with Crippen LogP contribution in [-0.4, -0.2) is 51.1 Å². The van der Waals surface area contributed by atoms with E-state index in [0.717, 1.165) is 0 Å². The molecular formula is C56H42O12. The first-order chi connectivity index (χ1) is 32.8. The van der Waals surface area contributed by atoms with Crippen molar-refractivity contribution in [3.8, 4) is 69.0 Å². The topological polar surface area (TPSA) is 221 Å². The van der Waals surface area contributed by atoms with Crippen molar-refractivity contribution >= 4 is 0 Å². The molecule has 8 aromatic rings. The van der Waals surface area contributed by atoms with Gasteiger partial charge >= 0.3 is 0 Å². The van der Waals surface area contributed by atoms with Crippen LogP contribution < -0.4 is 9.47 Å². The van der Waals surface area contributed by atoms with Crippen molar-refractivity contribution < 1.29 is 60.5 Å². The average Bonchev–Trinajstić information content (AvgIpc) is 3.96. The highest BCUT2D eigenvalue weighted by molar-refractivity contribution is 5.74. The van der Waals surface area contributed by atoms with Crippen LogP contribution in [-0.2, 0) is 0 Å². The zero-order valence-electron chi connectivity index (χ0n) is 35.8. The molecule has 12 nitrogen and oxygen atoms in total. The second kappa shape index (κ2) is 14.9. The van der Waals surface area contributed by atoms with Gasteiger partial charge in [-0.3, -0.25) is 0 Å². The summed E-state index contributed by atoms with van der Waals surface area (Å²) in [7, 11) is 0. The number of rotatable bonds is 6. The van der Waals surface area contributed by atoms with E-state index in [4.69, 9.17) is 9.47 Å². The minimum Gasteiger partial charge on any atom is -0.508 e. The van der Waals surface area contributed by atoms with Crippen molar-refractivity contribution in [1.82, 2.24) is 0 Å². The van der Waals surface area contributed by atoms with Gasteiger partial charge in [0.1, 0.15) is 81.2 Å². The molecule has 8 atom stereocenters. The molecule has 10 N–H and O–H groups in total. The fourth-order valence-electron chi connectivity index (χ4n) is 12.0. The molecule has 2 aliphatic carbocycles.